The number of carbonyl (C=O) groups excluding carboxylic acids is 1. The van der Waals surface area contributed by atoms with Gasteiger partial charge in [-0.2, -0.15) is 0 Å². The van der Waals surface area contributed by atoms with Crippen molar-refractivity contribution < 1.29 is 14.6 Å². The monoisotopic (exact) mass is 509 g/mol. The van der Waals surface area contributed by atoms with Crippen LogP contribution in [0.5, 0.6) is 0 Å². The van der Waals surface area contributed by atoms with E-state index >= 15 is 0 Å². The molecule has 4 N–H and O–H groups in total. The lowest BCUT2D eigenvalue weighted by Gasteiger charge is -2.27. The molecular formula is C32H35N3O3. The van der Waals surface area contributed by atoms with E-state index in [9.17, 15) is 9.90 Å². The van der Waals surface area contributed by atoms with Gasteiger partial charge in [0.05, 0.1) is 11.8 Å². The highest BCUT2D eigenvalue weighted by atomic mass is 16.6. The number of nitrogens with zero attached hydrogens (tertiary/aromatic N) is 1. The molecule has 38 heavy (non-hydrogen) atoms. The minimum Gasteiger partial charge on any atom is -0.443 e. The van der Waals surface area contributed by atoms with Gasteiger partial charge in [-0.15, -0.1) is 0 Å². The fourth-order valence-corrected chi connectivity index (χ4v) is 4.58. The SMILES string of the molecule is Cc1ccnc(-c2ccc(C[C@H](OC(N)=O)[C@@H](O)C[C@H](Cc3ccccc3)NCc3ccccc3)cc2)c1. The second kappa shape index (κ2) is 13.5. The number of nitrogens with two attached hydrogens (primary N) is 1. The van der Waals surface area contributed by atoms with Crippen molar-refractivity contribution in [2.24, 2.45) is 5.73 Å². The topological polar surface area (TPSA) is 97.5 Å². The van der Waals surface area contributed by atoms with Crippen LogP contribution >= 0.6 is 0 Å². The summed E-state index contributed by atoms with van der Waals surface area (Å²) in [5.41, 5.74) is 11.7. The maximum atomic E-state index is 11.7. The highest BCUT2D eigenvalue weighted by Gasteiger charge is 2.26. The highest BCUT2D eigenvalue weighted by molar-refractivity contribution is 5.65. The van der Waals surface area contributed by atoms with E-state index in [1.54, 1.807) is 6.20 Å². The van der Waals surface area contributed by atoms with Gasteiger partial charge in [0.2, 0.25) is 0 Å². The lowest BCUT2D eigenvalue weighted by atomic mass is 9.94. The molecule has 0 spiro atoms. The molecule has 4 rings (SSSR count). The average Bonchev–Trinajstić information content (AvgIpc) is 2.92. The quantitative estimate of drug-likeness (QED) is 0.243. The third-order valence-corrected chi connectivity index (χ3v) is 6.59. The molecular weight excluding hydrogens is 474 g/mol. The highest BCUT2D eigenvalue weighted by Crippen LogP contribution is 2.21. The van der Waals surface area contributed by atoms with Gasteiger partial charge in [-0.05, 0) is 54.2 Å². The number of hydrogen-bond donors (Lipinski definition) is 3. The summed E-state index contributed by atoms with van der Waals surface area (Å²) in [5.74, 6) is 0. The molecule has 6 heteroatoms. The fourth-order valence-electron chi connectivity index (χ4n) is 4.58. The number of aliphatic hydroxyl groups excluding tert-OH is 1. The van der Waals surface area contributed by atoms with Crippen LogP contribution in [0.4, 0.5) is 4.79 Å². The number of aryl methyl sites for hydroxylation is 1. The van der Waals surface area contributed by atoms with E-state index in [0.717, 1.165) is 39.9 Å². The average molecular weight is 510 g/mol. The summed E-state index contributed by atoms with van der Waals surface area (Å²) in [6.07, 6.45) is 0.694. The minimum atomic E-state index is -0.905. The van der Waals surface area contributed by atoms with Crippen LogP contribution in [0.2, 0.25) is 0 Å². The number of aromatic nitrogens is 1. The molecule has 0 saturated carbocycles. The molecule has 4 aromatic rings. The third-order valence-electron chi connectivity index (χ3n) is 6.59. The molecule has 0 bridgehead atoms. The Morgan fingerprint density at radius 1 is 0.895 bits per heavy atom. The largest absolute Gasteiger partial charge is 0.443 e. The Morgan fingerprint density at radius 2 is 1.53 bits per heavy atom. The van der Waals surface area contributed by atoms with E-state index in [1.165, 1.54) is 0 Å². The molecule has 196 valence electrons. The van der Waals surface area contributed by atoms with Crippen molar-refractivity contribution in [1.29, 1.82) is 0 Å². The Kier molecular flexibility index (Phi) is 9.62. The summed E-state index contributed by atoms with van der Waals surface area (Å²) in [5, 5.41) is 14.8. The smallest absolute Gasteiger partial charge is 0.404 e. The number of nitrogens with one attached hydrogen (secondary N) is 1. The molecule has 0 aliphatic rings. The first-order valence-corrected chi connectivity index (χ1v) is 12.9. The lowest BCUT2D eigenvalue weighted by molar-refractivity contribution is -0.00226. The Hall–Kier alpha value is -4.00. The number of carbonyl (C=O) groups is 1. The van der Waals surface area contributed by atoms with Gasteiger partial charge in [-0.25, -0.2) is 4.79 Å². The van der Waals surface area contributed by atoms with Crippen LogP contribution in [-0.4, -0.2) is 34.4 Å². The van der Waals surface area contributed by atoms with Gasteiger partial charge >= 0.3 is 6.09 Å². The van der Waals surface area contributed by atoms with Crippen LogP contribution in [-0.2, 0) is 24.1 Å². The van der Waals surface area contributed by atoms with Gasteiger partial charge in [-0.1, -0.05) is 84.9 Å². The Morgan fingerprint density at radius 3 is 2.16 bits per heavy atom. The number of pyridine rings is 1. The van der Waals surface area contributed by atoms with E-state index in [2.05, 4.69) is 34.6 Å². The van der Waals surface area contributed by atoms with E-state index in [4.69, 9.17) is 10.5 Å². The standard InChI is InChI=1S/C32H35N3O3/c1-23-16-17-34-29(18-23)27-14-12-25(13-15-27)20-31(38-32(33)37)30(36)21-28(19-24-8-4-2-5-9-24)35-22-26-10-6-3-7-11-26/h2-18,28,30-31,35-36H,19-22H2,1H3,(H2,33,37)/t28-,30-,31-/m0/s1. The zero-order valence-corrected chi connectivity index (χ0v) is 21.7. The summed E-state index contributed by atoms with van der Waals surface area (Å²) in [6, 6.07) is 32.2. The number of primary amides is 1. The van der Waals surface area contributed by atoms with Crippen LogP contribution in [0.1, 0.15) is 28.7 Å². The van der Waals surface area contributed by atoms with Crippen molar-refractivity contribution in [3.05, 3.63) is 126 Å². The Labute approximate surface area is 224 Å². The molecule has 3 aromatic carbocycles. The van der Waals surface area contributed by atoms with E-state index in [-0.39, 0.29) is 6.04 Å². The van der Waals surface area contributed by atoms with Gasteiger partial charge in [0.1, 0.15) is 6.10 Å². The van der Waals surface area contributed by atoms with Crippen LogP contribution in [0.15, 0.2) is 103 Å². The molecule has 0 unspecified atom stereocenters. The van der Waals surface area contributed by atoms with Crippen molar-refractivity contribution in [1.82, 2.24) is 10.3 Å². The van der Waals surface area contributed by atoms with Gasteiger partial charge in [0.15, 0.2) is 0 Å². The second-order valence-corrected chi connectivity index (χ2v) is 9.65. The first-order chi connectivity index (χ1) is 18.5. The predicted molar refractivity (Wildman–Crippen MR) is 150 cm³/mol. The summed E-state index contributed by atoms with van der Waals surface area (Å²) in [6.45, 7) is 2.70. The van der Waals surface area contributed by atoms with Gasteiger partial charge in [0, 0.05) is 30.8 Å². The van der Waals surface area contributed by atoms with Gasteiger partial charge in [-0.3, -0.25) is 4.98 Å². The zero-order valence-electron chi connectivity index (χ0n) is 21.7. The van der Waals surface area contributed by atoms with E-state index in [0.29, 0.717) is 19.4 Å². The van der Waals surface area contributed by atoms with Crippen LogP contribution in [0.25, 0.3) is 11.3 Å². The maximum absolute atomic E-state index is 11.7. The number of rotatable bonds is 12. The van der Waals surface area contributed by atoms with Crippen LogP contribution < -0.4 is 11.1 Å². The molecule has 0 aliphatic carbocycles. The normalized spacial score (nSPS) is 13.4. The number of amides is 1. The molecule has 0 aliphatic heterocycles. The Balaban J connectivity index is 1.46. The summed E-state index contributed by atoms with van der Waals surface area (Å²) in [4.78, 5) is 16.2. The molecule has 0 radical (unpaired) electrons. The van der Waals surface area contributed by atoms with E-state index < -0.39 is 18.3 Å². The lowest BCUT2D eigenvalue weighted by Crippen LogP contribution is -2.41. The van der Waals surface area contributed by atoms with Crippen molar-refractivity contribution in [2.75, 3.05) is 0 Å². The number of benzene rings is 3. The summed E-state index contributed by atoms with van der Waals surface area (Å²) >= 11 is 0. The maximum Gasteiger partial charge on any atom is 0.404 e. The van der Waals surface area contributed by atoms with Crippen LogP contribution in [0.3, 0.4) is 0 Å². The molecule has 1 amide bonds. The first kappa shape index (κ1) is 27.0. The summed E-state index contributed by atoms with van der Waals surface area (Å²) < 4.78 is 5.41. The molecule has 3 atom stereocenters. The molecule has 6 nitrogen and oxygen atoms in total. The van der Waals surface area contributed by atoms with Crippen LogP contribution in [0, 0.1) is 6.92 Å². The van der Waals surface area contributed by atoms with Gasteiger partial charge < -0.3 is 20.9 Å². The van der Waals surface area contributed by atoms with Gasteiger partial charge in [0.25, 0.3) is 0 Å². The number of aliphatic hydroxyl groups is 1. The molecule has 1 heterocycles. The second-order valence-electron chi connectivity index (χ2n) is 9.65. The van der Waals surface area contributed by atoms with Crippen molar-refractivity contribution in [3.8, 4) is 11.3 Å². The number of hydrogen-bond acceptors (Lipinski definition) is 5. The Bertz CT molecular complexity index is 1280. The molecule has 1 aromatic heterocycles. The number of ether oxygens (including phenoxy) is 1. The van der Waals surface area contributed by atoms with E-state index in [1.807, 2.05) is 79.7 Å². The predicted octanol–water partition coefficient (Wildman–Crippen LogP) is 5.22. The third kappa shape index (κ3) is 8.26. The first-order valence-electron chi connectivity index (χ1n) is 12.9. The molecule has 0 fully saturated rings. The van der Waals surface area contributed by atoms with Crippen molar-refractivity contribution in [3.63, 3.8) is 0 Å². The van der Waals surface area contributed by atoms with Crippen molar-refractivity contribution >= 4 is 6.09 Å². The zero-order chi connectivity index (χ0) is 26.7. The molecule has 0 saturated heterocycles. The summed E-state index contributed by atoms with van der Waals surface area (Å²) in [7, 11) is 0. The minimum absolute atomic E-state index is 0.0404. The fraction of sp³-hybridized carbons (Fsp3) is 0.250. The van der Waals surface area contributed by atoms with Crippen molar-refractivity contribution in [2.45, 2.75) is 51.0 Å².